The van der Waals surface area contributed by atoms with Gasteiger partial charge in [0.1, 0.15) is 12.7 Å². The number of carbonyl (C=O) groups is 2. The summed E-state index contributed by atoms with van der Waals surface area (Å²) < 4.78 is 32.7. The van der Waals surface area contributed by atoms with Gasteiger partial charge in [0.05, 0.1) is 19.8 Å². The van der Waals surface area contributed by atoms with Crippen LogP contribution in [0.5, 0.6) is 0 Å². The second-order valence-corrected chi connectivity index (χ2v) is 16.9. The van der Waals surface area contributed by atoms with Crippen molar-refractivity contribution in [1.82, 2.24) is 0 Å². The molecule has 0 aliphatic rings. The van der Waals surface area contributed by atoms with Crippen LogP contribution in [0.3, 0.4) is 0 Å². The molecule has 11 heteroatoms. The van der Waals surface area contributed by atoms with Crippen LogP contribution < -0.4 is 0 Å². The minimum atomic E-state index is -4.62. The first-order chi connectivity index (χ1) is 27.7. The summed E-state index contributed by atoms with van der Waals surface area (Å²) in [5.41, 5.74) is 0. The molecule has 1 unspecified atom stereocenters. The highest BCUT2D eigenvalue weighted by atomic mass is 31.2. The number of ether oxygens (including phenoxy) is 2. The van der Waals surface area contributed by atoms with Gasteiger partial charge in [-0.25, -0.2) is 4.57 Å². The van der Waals surface area contributed by atoms with Gasteiger partial charge < -0.3 is 24.6 Å². The van der Waals surface area contributed by atoms with Crippen molar-refractivity contribution in [3.05, 3.63) is 36.5 Å². The van der Waals surface area contributed by atoms with Crippen LogP contribution in [-0.4, -0.2) is 65.7 Å². The molecule has 0 bridgehead atoms. The Hall–Kier alpha value is -1.81. The number of phosphoric ester groups is 1. The first-order valence-corrected chi connectivity index (χ1v) is 24.5. The maximum atomic E-state index is 12.6. The van der Waals surface area contributed by atoms with Crippen LogP contribution in [0, 0.1) is 0 Å². The van der Waals surface area contributed by atoms with Gasteiger partial charge in [0.2, 0.25) is 0 Å². The largest absolute Gasteiger partial charge is 0.472 e. The van der Waals surface area contributed by atoms with Crippen molar-refractivity contribution in [2.45, 2.75) is 219 Å². The molecule has 0 aromatic heterocycles. The number of unbranched alkanes of at least 4 members (excludes halogenated alkanes) is 24. The quantitative estimate of drug-likeness (QED) is 0.0178. The third-order valence-corrected chi connectivity index (χ3v) is 10.7. The highest BCUT2D eigenvalue weighted by Crippen LogP contribution is 2.43. The average molecular weight is 829 g/mol. The Balaban J connectivity index is 4.26. The SMILES string of the molecule is CCCCCC/C=C/C=C/CCCCCCCC(=O)O[C@H](COC(=O)CCCCCCCCCCC/C=C/CCCCCCCC)COP(=O)(O)OC[C@@H](O)CO. The van der Waals surface area contributed by atoms with Crippen molar-refractivity contribution >= 4 is 19.8 Å². The van der Waals surface area contributed by atoms with Crippen LogP contribution >= 0.6 is 7.82 Å². The second-order valence-electron chi connectivity index (χ2n) is 15.5. The molecule has 0 spiro atoms. The van der Waals surface area contributed by atoms with Gasteiger partial charge in [-0.2, -0.15) is 0 Å². The maximum absolute atomic E-state index is 12.6. The number of esters is 2. The number of allylic oxidation sites excluding steroid dienone is 6. The van der Waals surface area contributed by atoms with Gasteiger partial charge in [-0.15, -0.1) is 0 Å². The molecule has 57 heavy (non-hydrogen) atoms. The minimum absolute atomic E-state index is 0.167. The van der Waals surface area contributed by atoms with Crippen LogP contribution in [0.4, 0.5) is 0 Å². The van der Waals surface area contributed by atoms with Gasteiger partial charge in [0.15, 0.2) is 6.10 Å². The molecule has 0 fully saturated rings. The molecule has 0 saturated heterocycles. The van der Waals surface area contributed by atoms with E-state index in [-0.39, 0.29) is 19.4 Å². The Bertz CT molecular complexity index is 1050. The molecule has 3 N–H and O–H groups in total. The molecule has 0 aliphatic heterocycles. The summed E-state index contributed by atoms with van der Waals surface area (Å²) in [6, 6.07) is 0. The Labute approximate surface area is 348 Å². The third-order valence-electron chi connectivity index (χ3n) is 9.79. The van der Waals surface area contributed by atoms with Crippen LogP contribution in [0.15, 0.2) is 36.5 Å². The average Bonchev–Trinajstić information content (AvgIpc) is 3.20. The molecule has 0 aromatic rings. The predicted molar refractivity (Wildman–Crippen MR) is 233 cm³/mol. The van der Waals surface area contributed by atoms with Gasteiger partial charge in [-0.1, -0.05) is 166 Å². The summed E-state index contributed by atoms with van der Waals surface area (Å²) in [6.07, 6.45) is 43.9. The van der Waals surface area contributed by atoms with Gasteiger partial charge in [0, 0.05) is 12.8 Å². The molecule has 0 amide bonds. The van der Waals surface area contributed by atoms with Crippen LogP contribution in [0.1, 0.15) is 206 Å². The van der Waals surface area contributed by atoms with E-state index in [2.05, 4.69) is 50.3 Å². The highest BCUT2D eigenvalue weighted by Gasteiger charge is 2.27. The second kappa shape index (κ2) is 42.3. The van der Waals surface area contributed by atoms with Gasteiger partial charge >= 0.3 is 19.8 Å². The summed E-state index contributed by atoms with van der Waals surface area (Å²) in [5, 5.41) is 18.3. The zero-order valence-corrected chi connectivity index (χ0v) is 37.2. The summed E-state index contributed by atoms with van der Waals surface area (Å²) in [4.78, 5) is 35.0. The molecule has 0 saturated carbocycles. The lowest BCUT2D eigenvalue weighted by atomic mass is 10.1. The molecule has 0 rings (SSSR count). The number of rotatable bonds is 43. The van der Waals surface area contributed by atoms with Crippen molar-refractivity contribution in [3.8, 4) is 0 Å². The smallest absolute Gasteiger partial charge is 0.462 e. The van der Waals surface area contributed by atoms with E-state index in [0.29, 0.717) is 12.8 Å². The minimum Gasteiger partial charge on any atom is -0.462 e. The normalized spacial score (nSPS) is 14.1. The fraction of sp³-hybridized carbons (Fsp3) is 0.826. The molecule has 0 aromatic carbocycles. The van der Waals surface area contributed by atoms with Crippen molar-refractivity contribution in [1.29, 1.82) is 0 Å². The Kier molecular flexibility index (Phi) is 41.0. The van der Waals surface area contributed by atoms with E-state index < -0.39 is 51.8 Å². The van der Waals surface area contributed by atoms with Crippen molar-refractivity contribution in [2.24, 2.45) is 0 Å². The third kappa shape index (κ3) is 42.1. The number of aliphatic hydroxyl groups is 2. The Morgan fingerprint density at radius 2 is 0.912 bits per heavy atom. The fourth-order valence-corrected chi connectivity index (χ4v) is 7.00. The highest BCUT2D eigenvalue weighted by molar-refractivity contribution is 7.47. The lowest BCUT2D eigenvalue weighted by Gasteiger charge is -2.20. The van der Waals surface area contributed by atoms with Crippen LogP contribution in [0.25, 0.3) is 0 Å². The molecule has 0 radical (unpaired) electrons. The van der Waals surface area contributed by atoms with E-state index in [1.54, 1.807) is 0 Å². The number of carbonyl (C=O) groups excluding carboxylic acids is 2. The molecule has 0 heterocycles. The van der Waals surface area contributed by atoms with E-state index in [0.717, 1.165) is 57.8 Å². The summed E-state index contributed by atoms with van der Waals surface area (Å²) >= 11 is 0. The molecule has 334 valence electrons. The van der Waals surface area contributed by atoms with E-state index >= 15 is 0 Å². The number of hydrogen-bond acceptors (Lipinski definition) is 9. The van der Waals surface area contributed by atoms with E-state index in [9.17, 15) is 24.2 Å². The monoisotopic (exact) mass is 829 g/mol. The van der Waals surface area contributed by atoms with Crippen LogP contribution in [0.2, 0.25) is 0 Å². The van der Waals surface area contributed by atoms with Gasteiger partial charge in [-0.05, 0) is 64.2 Å². The number of aliphatic hydroxyl groups excluding tert-OH is 2. The lowest BCUT2D eigenvalue weighted by Crippen LogP contribution is -2.29. The molecule has 3 atom stereocenters. The first-order valence-electron chi connectivity index (χ1n) is 23.0. The zero-order chi connectivity index (χ0) is 41.9. The summed E-state index contributed by atoms with van der Waals surface area (Å²) in [5.74, 6) is -0.941. The molecule has 0 aliphatic carbocycles. The summed E-state index contributed by atoms with van der Waals surface area (Å²) in [7, 11) is -4.62. The standard InChI is InChI=1S/C46H85O10P/c1-3-5-7-9-11-13-15-17-19-20-21-22-24-25-27-29-31-33-35-37-45(49)53-41-44(42-55-57(51,52)54-40-43(48)39-47)56-46(50)38-36-34-32-30-28-26-23-18-16-14-12-10-8-6-4-2/h14,16-19,23,43-44,47-48H,3-13,15,20-22,24-42H2,1-2H3,(H,51,52)/b16-14+,19-17+,23-18+/t43-,44+/m0/s1. The topological polar surface area (TPSA) is 149 Å². The number of phosphoric acid groups is 1. The van der Waals surface area contributed by atoms with E-state index in [1.165, 1.54) is 109 Å². The van der Waals surface area contributed by atoms with Gasteiger partial charge in [0.25, 0.3) is 0 Å². The first kappa shape index (κ1) is 55.2. The van der Waals surface area contributed by atoms with Crippen LogP contribution in [-0.2, 0) is 32.7 Å². The lowest BCUT2D eigenvalue weighted by molar-refractivity contribution is -0.161. The molecular formula is C46H85O10P. The summed E-state index contributed by atoms with van der Waals surface area (Å²) in [6.45, 7) is 2.35. The fourth-order valence-electron chi connectivity index (χ4n) is 6.21. The Morgan fingerprint density at radius 1 is 0.526 bits per heavy atom. The van der Waals surface area contributed by atoms with E-state index in [4.69, 9.17) is 23.6 Å². The predicted octanol–water partition coefficient (Wildman–Crippen LogP) is 12.3. The van der Waals surface area contributed by atoms with Gasteiger partial charge in [-0.3, -0.25) is 18.6 Å². The van der Waals surface area contributed by atoms with Crippen molar-refractivity contribution < 1.29 is 47.8 Å². The van der Waals surface area contributed by atoms with Crippen molar-refractivity contribution in [2.75, 3.05) is 26.4 Å². The Morgan fingerprint density at radius 3 is 1.39 bits per heavy atom. The molecular weight excluding hydrogens is 743 g/mol. The zero-order valence-electron chi connectivity index (χ0n) is 36.3. The molecule has 10 nitrogen and oxygen atoms in total. The van der Waals surface area contributed by atoms with Crippen molar-refractivity contribution in [3.63, 3.8) is 0 Å². The van der Waals surface area contributed by atoms with E-state index in [1.807, 2.05) is 0 Å². The maximum Gasteiger partial charge on any atom is 0.472 e. The number of hydrogen-bond donors (Lipinski definition) is 3.